The molecule has 2 aromatic carbocycles. The lowest BCUT2D eigenvalue weighted by atomic mass is 10.2. The van der Waals surface area contributed by atoms with E-state index in [1.807, 2.05) is 37.3 Å². The van der Waals surface area contributed by atoms with Crippen molar-refractivity contribution >= 4 is 0 Å². The maximum absolute atomic E-state index is 9.52. The standard InChI is InChI=1S/C16H18O3/c1-2-10-18-15-9-8-14(17)11-16(15)19-12-13-6-4-3-5-7-13/h3-9,11,17H,2,10,12H2,1H3. The number of rotatable bonds is 6. The summed E-state index contributed by atoms with van der Waals surface area (Å²) in [6, 6.07) is 14.8. The van der Waals surface area contributed by atoms with E-state index in [0.717, 1.165) is 12.0 Å². The molecule has 0 heterocycles. The highest BCUT2D eigenvalue weighted by atomic mass is 16.5. The average Bonchev–Trinajstić information content (AvgIpc) is 2.45. The third kappa shape index (κ3) is 3.91. The molecule has 0 aliphatic heterocycles. The fraction of sp³-hybridized carbons (Fsp3) is 0.250. The topological polar surface area (TPSA) is 38.7 Å². The largest absolute Gasteiger partial charge is 0.508 e. The Hall–Kier alpha value is -2.16. The lowest BCUT2D eigenvalue weighted by Gasteiger charge is -2.12. The molecule has 0 unspecified atom stereocenters. The highest BCUT2D eigenvalue weighted by molar-refractivity contribution is 5.45. The summed E-state index contributed by atoms with van der Waals surface area (Å²) < 4.78 is 11.3. The second-order valence-electron chi connectivity index (χ2n) is 4.25. The van der Waals surface area contributed by atoms with E-state index in [2.05, 4.69) is 0 Å². The van der Waals surface area contributed by atoms with Crippen molar-refractivity contribution in [1.29, 1.82) is 0 Å². The van der Waals surface area contributed by atoms with Crippen LogP contribution in [0.4, 0.5) is 0 Å². The average molecular weight is 258 g/mol. The molecule has 0 fully saturated rings. The van der Waals surface area contributed by atoms with Gasteiger partial charge < -0.3 is 14.6 Å². The van der Waals surface area contributed by atoms with Crippen molar-refractivity contribution in [2.75, 3.05) is 6.61 Å². The summed E-state index contributed by atoms with van der Waals surface area (Å²) >= 11 is 0. The highest BCUT2D eigenvalue weighted by Crippen LogP contribution is 2.31. The number of benzene rings is 2. The zero-order valence-electron chi connectivity index (χ0n) is 11.0. The minimum atomic E-state index is 0.173. The van der Waals surface area contributed by atoms with Crippen LogP contribution in [0.3, 0.4) is 0 Å². The maximum atomic E-state index is 9.52. The molecule has 3 heteroatoms. The molecule has 0 saturated heterocycles. The molecule has 100 valence electrons. The predicted octanol–water partition coefficient (Wildman–Crippen LogP) is 3.76. The zero-order chi connectivity index (χ0) is 13.5. The Morgan fingerprint density at radius 2 is 1.74 bits per heavy atom. The molecule has 2 aromatic rings. The fourth-order valence-corrected chi connectivity index (χ4v) is 1.68. The third-order valence-electron chi connectivity index (χ3n) is 2.63. The molecule has 0 aromatic heterocycles. The molecule has 2 rings (SSSR count). The minimum Gasteiger partial charge on any atom is -0.508 e. The summed E-state index contributed by atoms with van der Waals surface area (Å²) in [4.78, 5) is 0. The number of aromatic hydroxyl groups is 1. The summed E-state index contributed by atoms with van der Waals surface area (Å²) in [7, 11) is 0. The van der Waals surface area contributed by atoms with Crippen LogP contribution in [0.5, 0.6) is 17.2 Å². The predicted molar refractivity (Wildman–Crippen MR) is 74.7 cm³/mol. The molecular weight excluding hydrogens is 240 g/mol. The molecular formula is C16H18O3. The van der Waals surface area contributed by atoms with Gasteiger partial charge in [-0.25, -0.2) is 0 Å². The quantitative estimate of drug-likeness (QED) is 0.857. The van der Waals surface area contributed by atoms with Crippen LogP contribution in [-0.2, 0) is 6.61 Å². The van der Waals surface area contributed by atoms with E-state index in [9.17, 15) is 5.11 Å². The van der Waals surface area contributed by atoms with Gasteiger partial charge in [0.1, 0.15) is 12.4 Å². The lowest BCUT2D eigenvalue weighted by Crippen LogP contribution is -2.00. The summed E-state index contributed by atoms with van der Waals surface area (Å²) in [6.07, 6.45) is 0.930. The van der Waals surface area contributed by atoms with Crippen molar-refractivity contribution < 1.29 is 14.6 Å². The van der Waals surface area contributed by atoms with Gasteiger partial charge in [-0.1, -0.05) is 37.3 Å². The van der Waals surface area contributed by atoms with Crippen LogP contribution in [0.15, 0.2) is 48.5 Å². The van der Waals surface area contributed by atoms with Crippen molar-refractivity contribution in [1.82, 2.24) is 0 Å². The Balaban J connectivity index is 2.07. The second kappa shape index (κ2) is 6.69. The first-order valence-corrected chi connectivity index (χ1v) is 6.42. The normalized spacial score (nSPS) is 10.2. The van der Waals surface area contributed by atoms with Gasteiger partial charge in [0, 0.05) is 6.07 Å². The summed E-state index contributed by atoms with van der Waals surface area (Å²) in [5.74, 6) is 1.40. The molecule has 1 N–H and O–H groups in total. The molecule has 0 amide bonds. The van der Waals surface area contributed by atoms with Crippen molar-refractivity contribution in [3.63, 3.8) is 0 Å². The second-order valence-corrected chi connectivity index (χ2v) is 4.25. The summed E-state index contributed by atoms with van der Waals surface area (Å²) in [6.45, 7) is 3.13. The van der Waals surface area contributed by atoms with E-state index in [0.29, 0.717) is 24.7 Å². The van der Waals surface area contributed by atoms with E-state index in [-0.39, 0.29) is 5.75 Å². The van der Waals surface area contributed by atoms with Crippen LogP contribution in [0, 0.1) is 0 Å². The first-order chi connectivity index (χ1) is 9.29. The molecule has 0 aliphatic rings. The molecule has 19 heavy (non-hydrogen) atoms. The Bertz CT molecular complexity index is 509. The van der Waals surface area contributed by atoms with Crippen LogP contribution >= 0.6 is 0 Å². The van der Waals surface area contributed by atoms with Crippen LogP contribution in [-0.4, -0.2) is 11.7 Å². The third-order valence-corrected chi connectivity index (χ3v) is 2.63. The molecule has 0 aliphatic carbocycles. The maximum Gasteiger partial charge on any atom is 0.165 e. The SMILES string of the molecule is CCCOc1ccc(O)cc1OCc1ccccc1. The van der Waals surface area contributed by atoms with Gasteiger partial charge in [0.2, 0.25) is 0 Å². The van der Waals surface area contributed by atoms with E-state index < -0.39 is 0 Å². The van der Waals surface area contributed by atoms with Crippen molar-refractivity contribution in [2.45, 2.75) is 20.0 Å². The van der Waals surface area contributed by atoms with Gasteiger partial charge in [-0.3, -0.25) is 0 Å². The van der Waals surface area contributed by atoms with Gasteiger partial charge in [0.05, 0.1) is 6.61 Å². The van der Waals surface area contributed by atoms with Crippen LogP contribution in [0.2, 0.25) is 0 Å². The first-order valence-electron chi connectivity index (χ1n) is 6.42. The van der Waals surface area contributed by atoms with Crippen molar-refractivity contribution in [3.8, 4) is 17.2 Å². The number of phenolic OH excluding ortho intramolecular Hbond substituents is 1. The zero-order valence-corrected chi connectivity index (χ0v) is 11.0. The summed E-state index contributed by atoms with van der Waals surface area (Å²) in [5.41, 5.74) is 1.08. The lowest BCUT2D eigenvalue weighted by molar-refractivity contribution is 0.260. The van der Waals surface area contributed by atoms with Crippen LogP contribution in [0.1, 0.15) is 18.9 Å². The molecule has 0 atom stereocenters. The van der Waals surface area contributed by atoms with Crippen LogP contribution in [0.25, 0.3) is 0 Å². The number of phenols is 1. The summed E-state index contributed by atoms with van der Waals surface area (Å²) in [5, 5.41) is 9.52. The molecule has 0 radical (unpaired) electrons. The van der Waals surface area contributed by atoms with Gasteiger partial charge in [-0.15, -0.1) is 0 Å². The minimum absolute atomic E-state index is 0.173. The molecule has 0 bridgehead atoms. The van der Waals surface area contributed by atoms with Gasteiger partial charge in [-0.2, -0.15) is 0 Å². The van der Waals surface area contributed by atoms with Gasteiger partial charge >= 0.3 is 0 Å². The van der Waals surface area contributed by atoms with Gasteiger partial charge in [0.15, 0.2) is 11.5 Å². The number of hydrogen-bond donors (Lipinski definition) is 1. The van der Waals surface area contributed by atoms with Gasteiger partial charge in [-0.05, 0) is 24.1 Å². The molecule has 3 nitrogen and oxygen atoms in total. The molecule has 0 spiro atoms. The number of hydrogen-bond acceptors (Lipinski definition) is 3. The van der Waals surface area contributed by atoms with E-state index >= 15 is 0 Å². The van der Waals surface area contributed by atoms with Gasteiger partial charge in [0.25, 0.3) is 0 Å². The Kier molecular flexibility index (Phi) is 4.67. The first kappa shape index (κ1) is 13.3. The highest BCUT2D eigenvalue weighted by Gasteiger charge is 2.06. The van der Waals surface area contributed by atoms with Crippen molar-refractivity contribution in [2.24, 2.45) is 0 Å². The van der Waals surface area contributed by atoms with Crippen LogP contribution < -0.4 is 9.47 Å². The fourth-order valence-electron chi connectivity index (χ4n) is 1.68. The van der Waals surface area contributed by atoms with E-state index in [4.69, 9.17) is 9.47 Å². The smallest absolute Gasteiger partial charge is 0.165 e. The monoisotopic (exact) mass is 258 g/mol. The Morgan fingerprint density at radius 1 is 0.947 bits per heavy atom. The Morgan fingerprint density at radius 3 is 2.47 bits per heavy atom. The van der Waals surface area contributed by atoms with E-state index in [1.54, 1.807) is 18.2 Å². The van der Waals surface area contributed by atoms with E-state index in [1.165, 1.54) is 0 Å². The van der Waals surface area contributed by atoms with Crippen molar-refractivity contribution in [3.05, 3.63) is 54.1 Å². The number of ether oxygens (including phenoxy) is 2. The molecule has 0 saturated carbocycles. The Labute approximate surface area is 113 Å².